The largest absolute Gasteiger partial charge is 0.355 e. The van der Waals surface area contributed by atoms with E-state index < -0.39 is 0 Å². The van der Waals surface area contributed by atoms with Crippen LogP contribution < -0.4 is 0 Å². The zero-order chi connectivity index (χ0) is 7.68. The van der Waals surface area contributed by atoms with Gasteiger partial charge >= 0.3 is 0 Å². The highest BCUT2D eigenvalue weighted by molar-refractivity contribution is 8.06. The second kappa shape index (κ2) is 2.77. The van der Waals surface area contributed by atoms with Gasteiger partial charge in [0.15, 0.2) is 0 Å². The molecule has 2 aliphatic heterocycles. The fraction of sp³-hybridized carbons (Fsp3) is 0.429. The van der Waals surface area contributed by atoms with Gasteiger partial charge in [-0.15, -0.1) is 0 Å². The summed E-state index contributed by atoms with van der Waals surface area (Å²) in [7, 11) is 0. The Morgan fingerprint density at radius 3 is 3.27 bits per heavy atom. The van der Waals surface area contributed by atoms with Gasteiger partial charge in [0.2, 0.25) is 0 Å². The number of fused-ring (bicyclic) bond motifs is 1. The fourth-order valence-electron chi connectivity index (χ4n) is 1.17. The van der Waals surface area contributed by atoms with Gasteiger partial charge in [-0.2, -0.15) is 0 Å². The number of hydrogen-bond acceptors (Lipinski definition) is 3. The monoisotopic (exact) mass is 172 g/mol. The maximum atomic E-state index is 11.9. The van der Waals surface area contributed by atoms with Crippen LogP contribution in [0, 0.1) is 0 Å². The van der Waals surface area contributed by atoms with E-state index in [1.165, 1.54) is 5.03 Å². The van der Waals surface area contributed by atoms with Gasteiger partial charge in [-0.25, -0.2) is 4.39 Å². The molecule has 0 atom stereocenters. The normalized spacial score (nSPS) is 21.0. The summed E-state index contributed by atoms with van der Waals surface area (Å²) in [5.41, 5.74) is 0. The summed E-state index contributed by atoms with van der Waals surface area (Å²) in [6.45, 7) is 1.04. The van der Waals surface area contributed by atoms with Crippen LogP contribution in [0.25, 0.3) is 0 Å². The number of hydrogen-bond donors (Lipinski definition) is 0. The van der Waals surface area contributed by atoms with E-state index in [1.54, 1.807) is 11.8 Å². The van der Waals surface area contributed by atoms with Crippen molar-refractivity contribution in [2.75, 3.05) is 19.9 Å². The Balaban J connectivity index is 1.99. The van der Waals surface area contributed by atoms with Crippen molar-refractivity contribution < 1.29 is 4.39 Å². The van der Waals surface area contributed by atoms with Crippen LogP contribution in [0.3, 0.4) is 0 Å². The first-order valence-corrected chi connectivity index (χ1v) is 4.40. The van der Waals surface area contributed by atoms with Crippen LogP contribution in [0.5, 0.6) is 0 Å². The Bertz CT molecular complexity index is 214. The maximum absolute atomic E-state index is 11.9. The molecule has 0 radical (unpaired) electrons. The minimum atomic E-state index is -0.272. The molecular formula is C7H9FN2S. The fourth-order valence-corrected chi connectivity index (χ4v) is 1.98. The molecule has 0 aromatic carbocycles. The van der Waals surface area contributed by atoms with E-state index in [1.807, 2.05) is 22.7 Å². The minimum absolute atomic E-state index is 0.272. The molecule has 0 bridgehead atoms. The molecule has 2 rings (SSSR count). The summed E-state index contributed by atoms with van der Waals surface area (Å²) >= 11 is 1.68. The lowest BCUT2D eigenvalue weighted by molar-refractivity contribution is 0.286. The molecule has 60 valence electrons. The van der Waals surface area contributed by atoms with E-state index in [-0.39, 0.29) is 6.67 Å². The molecule has 4 heteroatoms. The quantitative estimate of drug-likeness (QED) is 0.624. The van der Waals surface area contributed by atoms with Crippen molar-refractivity contribution in [1.82, 2.24) is 9.80 Å². The first-order chi connectivity index (χ1) is 5.40. The molecule has 0 aliphatic carbocycles. The van der Waals surface area contributed by atoms with Gasteiger partial charge in [-0.05, 0) is 5.41 Å². The van der Waals surface area contributed by atoms with Gasteiger partial charge < -0.3 is 9.80 Å². The average Bonchev–Trinajstić information content (AvgIpc) is 2.46. The van der Waals surface area contributed by atoms with E-state index in [4.69, 9.17) is 0 Å². The molecule has 0 fully saturated rings. The third-order valence-corrected chi connectivity index (χ3v) is 2.55. The van der Waals surface area contributed by atoms with Crippen LogP contribution in [0.15, 0.2) is 22.8 Å². The van der Waals surface area contributed by atoms with Crippen LogP contribution in [-0.2, 0) is 0 Å². The van der Waals surface area contributed by atoms with Crippen LogP contribution in [-0.4, -0.2) is 29.7 Å². The van der Waals surface area contributed by atoms with Gasteiger partial charge in [-0.3, -0.25) is 0 Å². The molecule has 0 aromatic heterocycles. The summed E-state index contributed by atoms with van der Waals surface area (Å²) < 4.78 is 11.9. The van der Waals surface area contributed by atoms with Crippen molar-refractivity contribution >= 4 is 11.8 Å². The van der Waals surface area contributed by atoms with Crippen molar-refractivity contribution in [1.29, 1.82) is 0 Å². The first kappa shape index (κ1) is 7.03. The molecule has 0 saturated heterocycles. The number of nitrogens with zero attached hydrogens (tertiary/aromatic N) is 2. The van der Waals surface area contributed by atoms with E-state index in [0.717, 1.165) is 6.67 Å². The molecule has 2 aliphatic rings. The highest BCUT2D eigenvalue weighted by Crippen LogP contribution is 2.33. The Kier molecular flexibility index (Phi) is 1.77. The van der Waals surface area contributed by atoms with Crippen LogP contribution >= 0.6 is 11.8 Å². The lowest BCUT2D eigenvalue weighted by Crippen LogP contribution is -2.23. The predicted molar refractivity (Wildman–Crippen MR) is 44.2 cm³/mol. The molecule has 0 spiro atoms. The zero-order valence-corrected chi connectivity index (χ0v) is 6.85. The van der Waals surface area contributed by atoms with Crippen LogP contribution in [0.4, 0.5) is 4.39 Å². The molecule has 0 N–H and O–H groups in total. The number of rotatable bonds is 2. The van der Waals surface area contributed by atoms with E-state index in [2.05, 4.69) is 4.90 Å². The third kappa shape index (κ3) is 1.22. The van der Waals surface area contributed by atoms with Gasteiger partial charge in [0.25, 0.3) is 0 Å². The molecule has 2 heterocycles. The molecule has 11 heavy (non-hydrogen) atoms. The molecule has 0 amide bonds. The lowest BCUT2D eigenvalue weighted by atomic mass is 10.6. The molecule has 2 nitrogen and oxygen atoms in total. The molecular weight excluding hydrogens is 163 g/mol. The average molecular weight is 172 g/mol. The number of alkyl halides is 1. The second-order valence-electron chi connectivity index (χ2n) is 2.48. The smallest absolute Gasteiger partial charge is 0.107 e. The van der Waals surface area contributed by atoms with Crippen molar-refractivity contribution in [3.05, 3.63) is 22.8 Å². The summed E-state index contributed by atoms with van der Waals surface area (Å²) in [5, 5.41) is 3.25. The summed E-state index contributed by atoms with van der Waals surface area (Å²) in [4.78, 5) is 4.09. The topological polar surface area (TPSA) is 6.48 Å². The Morgan fingerprint density at radius 1 is 1.64 bits per heavy atom. The summed E-state index contributed by atoms with van der Waals surface area (Å²) in [6, 6.07) is 0. The van der Waals surface area contributed by atoms with Crippen molar-refractivity contribution in [2.24, 2.45) is 0 Å². The maximum Gasteiger partial charge on any atom is 0.107 e. The standard InChI is InChI=1S/C7H9FN2S/c8-1-2-9-5-7-10(6-9)3-4-11-7/h3-5H,1-2,6H2. The van der Waals surface area contributed by atoms with E-state index in [9.17, 15) is 4.39 Å². The van der Waals surface area contributed by atoms with Gasteiger partial charge in [0.1, 0.15) is 6.67 Å². The molecule has 0 aromatic rings. The van der Waals surface area contributed by atoms with E-state index >= 15 is 0 Å². The highest BCUT2D eigenvalue weighted by atomic mass is 32.2. The zero-order valence-electron chi connectivity index (χ0n) is 6.03. The minimum Gasteiger partial charge on any atom is -0.355 e. The summed E-state index contributed by atoms with van der Waals surface area (Å²) in [5.74, 6) is 0. The molecule has 0 unspecified atom stereocenters. The van der Waals surface area contributed by atoms with Crippen molar-refractivity contribution in [3.8, 4) is 0 Å². The highest BCUT2D eigenvalue weighted by Gasteiger charge is 2.21. The van der Waals surface area contributed by atoms with E-state index in [0.29, 0.717) is 6.54 Å². The van der Waals surface area contributed by atoms with Crippen molar-refractivity contribution in [3.63, 3.8) is 0 Å². The lowest BCUT2D eigenvalue weighted by Gasteiger charge is -2.15. The number of thioether (sulfide) groups is 1. The SMILES string of the molecule is FCCN1C=C2SC=CN2C1. The Labute approximate surface area is 69.3 Å². The van der Waals surface area contributed by atoms with Gasteiger partial charge in [-0.1, -0.05) is 11.8 Å². The molecule has 0 saturated carbocycles. The number of halogens is 1. The third-order valence-electron chi connectivity index (χ3n) is 1.71. The second-order valence-corrected chi connectivity index (χ2v) is 3.41. The van der Waals surface area contributed by atoms with Gasteiger partial charge in [0.05, 0.1) is 11.7 Å². The summed E-state index contributed by atoms with van der Waals surface area (Å²) in [6.07, 6.45) is 4.03. The first-order valence-electron chi connectivity index (χ1n) is 3.52. The van der Waals surface area contributed by atoms with Crippen LogP contribution in [0.1, 0.15) is 0 Å². The van der Waals surface area contributed by atoms with Gasteiger partial charge in [0, 0.05) is 18.9 Å². The predicted octanol–water partition coefficient (Wildman–Crippen LogP) is 1.55. The van der Waals surface area contributed by atoms with Crippen LogP contribution in [0.2, 0.25) is 0 Å². The Morgan fingerprint density at radius 2 is 2.55 bits per heavy atom. The Hall–Kier alpha value is -0.640. The van der Waals surface area contributed by atoms with Crippen molar-refractivity contribution in [2.45, 2.75) is 0 Å².